The van der Waals surface area contributed by atoms with Gasteiger partial charge in [-0.3, -0.25) is 9.69 Å². The average Bonchev–Trinajstić information content (AvgIpc) is 2.51. The molecule has 1 saturated heterocycles. The van der Waals surface area contributed by atoms with Gasteiger partial charge in [0.15, 0.2) is 0 Å². The predicted molar refractivity (Wildman–Crippen MR) is 83.6 cm³/mol. The Hall–Kier alpha value is -1.79. The van der Waals surface area contributed by atoms with E-state index in [1.807, 2.05) is 18.7 Å². The highest BCUT2D eigenvalue weighted by atomic mass is 16.5. The third-order valence-corrected chi connectivity index (χ3v) is 3.64. The highest BCUT2D eigenvalue weighted by Crippen LogP contribution is 2.33. The Kier molecular flexibility index (Phi) is 6.03. The van der Waals surface area contributed by atoms with E-state index in [9.17, 15) is 9.90 Å². The Morgan fingerprint density at radius 1 is 1.27 bits per heavy atom. The number of aliphatic carboxylic acids is 1. The molecule has 0 radical (unpaired) electrons. The Morgan fingerprint density at radius 2 is 1.95 bits per heavy atom. The lowest BCUT2D eigenvalue weighted by molar-refractivity contribution is -0.144. The van der Waals surface area contributed by atoms with Crippen LogP contribution in [0.5, 0.6) is 11.5 Å². The van der Waals surface area contributed by atoms with Crippen LogP contribution < -0.4 is 14.8 Å². The first-order chi connectivity index (χ1) is 10.7. The maximum atomic E-state index is 11.8. The minimum Gasteiger partial charge on any atom is -0.494 e. The smallest absolute Gasteiger partial charge is 0.325 e. The third kappa shape index (κ3) is 3.90. The first-order valence-electron chi connectivity index (χ1n) is 7.74. The zero-order valence-corrected chi connectivity index (χ0v) is 13.2. The molecule has 1 atom stereocenters. The molecule has 1 aliphatic rings. The largest absolute Gasteiger partial charge is 0.494 e. The maximum absolute atomic E-state index is 11.8. The molecule has 2 rings (SSSR count). The molecule has 2 N–H and O–H groups in total. The number of piperazine rings is 1. The molecule has 1 unspecified atom stereocenters. The van der Waals surface area contributed by atoms with Crippen LogP contribution in [0.3, 0.4) is 0 Å². The molecule has 0 spiro atoms. The number of ether oxygens (including phenoxy) is 2. The number of nitrogens with zero attached hydrogens (tertiary/aromatic N) is 1. The van der Waals surface area contributed by atoms with Crippen LogP contribution in [0.25, 0.3) is 0 Å². The lowest BCUT2D eigenvalue weighted by Gasteiger charge is -2.33. The number of rotatable bonds is 7. The fourth-order valence-corrected chi connectivity index (χ4v) is 2.70. The van der Waals surface area contributed by atoms with E-state index in [0.29, 0.717) is 43.4 Å². The molecule has 1 aliphatic heterocycles. The maximum Gasteiger partial charge on any atom is 0.325 e. The number of hydrogen-bond acceptors (Lipinski definition) is 5. The molecular weight excluding hydrogens is 284 g/mol. The summed E-state index contributed by atoms with van der Waals surface area (Å²) in [4.78, 5) is 13.8. The van der Waals surface area contributed by atoms with Crippen LogP contribution in [0.2, 0.25) is 0 Å². The summed E-state index contributed by atoms with van der Waals surface area (Å²) in [6.07, 6.45) is 0. The summed E-state index contributed by atoms with van der Waals surface area (Å²) in [5.41, 5.74) is 0.680. The molecule has 1 aromatic carbocycles. The van der Waals surface area contributed by atoms with Gasteiger partial charge in [-0.2, -0.15) is 0 Å². The first-order valence-corrected chi connectivity index (χ1v) is 7.74. The number of benzene rings is 1. The lowest BCUT2D eigenvalue weighted by atomic mass is 10.0. The Balaban J connectivity index is 2.34. The van der Waals surface area contributed by atoms with Crippen molar-refractivity contribution in [3.8, 4) is 11.5 Å². The Morgan fingerprint density at radius 3 is 2.55 bits per heavy atom. The number of hydrogen-bond donors (Lipinski definition) is 2. The van der Waals surface area contributed by atoms with E-state index < -0.39 is 12.0 Å². The summed E-state index contributed by atoms with van der Waals surface area (Å²) >= 11 is 0. The van der Waals surface area contributed by atoms with Gasteiger partial charge < -0.3 is 19.9 Å². The van der Waals surface area contributed by atoms with Gasteiger partial charge in [0.1, 0.15) is 17.5 Å². The van der Waals surface area contributed by atoms with E-state index in [4.69, 9.17) is 9.47 Å². The van der Waals surface area contributed by atoms with Gasteiger partial charge in [-0.15, -0.1) is 0 Å². The second-order valence-corrected chi connectivity index (χ2v) is 5.09. The van der Waals surface area contributed by atoms with E-state index in [-0.39, 0.29) is 0 Å². The highest BCUT2D eigenvalue weighted by Gasteiger charge is 2.31. The van der Waals surface area contributed by atoms with Gasteiger partial charge in [-0.1, -0.05) is 0 Å². The molecule has 6 heteroatoms. The average molecular weight is 308 g/mol. The zero-order valence-electron chi connectivity index (χ0n) is 13.2. The van der Waals surface area contributed by atoms with Crippen molar-refractivity contribution in [2.75, 3.05) is 39.4 Å². The Labute approximate surface area is 131 Å². The molecule has 0 aromatic heterocycles. The van der Waals surface area contributed by atoms with Crippen molar-refractivity contribution in [3.63, 3.8) is 0 Å². The van der Waals surface area contributed by atoms with Crippen LogP contribution in [0.1, 0.15) is 25.5 Å². The minimum absolute atomic E-state index is 0.483. The van der Waals surface area contributed by atoms with Gasteiger partial charge in [-0.25, -0.2) is 0 Å². The quantitative estimate of drug-likeness (QED) is 0.796. The summed E-state index contributed by atoms with van der Waals surface area (Å²) in [5, 5.41) is 12.9. The van der Waals surface area contributed by atoms with Crippen LogP contribution in [-0.2, 0) is 4.79 Å². The summed E-state index contributed by atoms with van der Waals surface area (Å²) < 4.78 is 11.1. The van der Waals surface area contributed by atoms with Crippen molar-refractivity contribution in [2.24, 2.45) is 0 Å². The monoisotopic (exact) mass is 308 g/mol. The molecule has 1 aromatic rings. The first kappa shape index (κ1) is 16.6. The van der Waals surface area contributed by atoms with Crippen molar-refractivity contribution < 1.29 is 19.4 Å². The van der Waals surface area contributed by atoms with E-state index in [0.717, 1.165) is 13.1 Å². The van der Waals surface area contributed by atoms with Gasteiger partial charge in [0.25, 0.3) is 0 Å². The van der Waals surface area contributed by atoms with E-state index in [2.05, 4.69) is 5.32 Å². The standard InChI is InChI=1S/C16H24N2O4/c1-3-21-12-5-6-13(14(11-12)22-4-2)15(16(19)20)18-9-7-17-8-10-18/h5-6,11,15,17H,3-4,7-10H2,1-2H3,(H,19,20). The van der Waals surface area contributed by atoms with E-state index >= 15 is 0 Å². The Bertz CT molecular complexity index is 501. The molecule has 6 nitrogen and oxygen atoms in total. The van der Waals surface area contributed by atoms with Crippen LogP contribution in [-0.4, -0.2) is 55.4 Å². The van der Waals surface area contributed by atoms with Crippen LogP contribution >= 0.6 is 0 Å². The van der Waals surface area contributed by atoms with Crippen LogP contribution in [0.4, 0.5) is 0 Å². The van der Waals surface area contributed by atoms with Crippen molar-refractivity contribution in [1.29, 1.82) is 0 Å². The summed E-state index contributed by atoms with van der Waals surface area (Å²) in [6, 6.07) is 4.69. The second-order valence-electron chi connectivity index (χ2n) is 5.09. The number of nitrogens with one attached hydrogen (secondary N) is 1. The third-order valence-electron chi connectivity index (χ3n) is 3.64. The molecule has 22 heavy (non-hydrogen) atoms. The van der Waals surface area contributed by atoms with Crippen molar-refractivity contribution in [3.05, 3.63) is 23.8 Å². The number of carboxylic acids is 1. The zero-order chi connectivity index (χ0) is 15.9. The molecule has 1 heterocycles. The molecule has 1 fully saturated rings. The summed E-state index contributed by atoms with van der Waals surface area (Å²) in [5.74, 6) is 0.422. The lowest BCUT2D eigenvalue weighted by Crippen LogP contribution is -2.47. The fourth-order valence-electron chi connectivity index (χ4n) is 2.70. The van der Waals surface area contributed by atoms with Crippen molar-refractivity contribution in [2.45, 2.75) is 19.9 Å². The molecule has 0 saturated carbocycles. The van der Waals surface area contributed by atoms with Gasteiger partial charge in [-0.05, 0) is 26.0 Å². The van der Waals surface area contributed by atoms with E-state index in [1.54, 1.807) is 18.2 Å². The van der Waals surface area contributed by atoms with Gasteiger partial charge in [0.05, 0.1) is 13.2 Å². The fraction of sp³-hybridized carbons (Fsp3) is 0.562. The van der Waals surface area contributed by atoms with Gasteiger partial charge >= 0.3 is 5.97 Å². The van der Waals surface area contributed by atoms with E-state index in [1.165, 1.54) is 0 Å². The topological polar surface area (TPSA) is 71.0 Å². The normalized spacial score (nSPS) is 17.0. The highest BCUT2D eigenvalue weighted by molar-refractivity contribution is 5.77. The second kappa shape index (κ2) is 8.00. The van der Waals surface area contributed by atoms with Gasteiger partial charge in [0, 0.05) is 37.8 Å². The SMILES string of the molecule is CCOc1ccc(C(C(=O)O)N2CCNCC2)c(OCC)c1. The van der Waals surface area contributed by atoms with Crippen LogP contribution in [0, 0.1) is 0 Å². The van der Waals surface area contributed by atoms with Crippen molar-refractivity contribution >= 4 is 5.97 Å². The molecule has 0 aliphatic carbocycles. The summed E-state index contributed by atoms with van der Waals surface area (Å²) in [7, 11) is 0. The molecular formula is C16H24N2O4. The number of carbonyl (C=O) groups is 1. The molecule has 122 valence electrons. The predicted octanol–water partition coefficient (Wildman–Crippen LogP) is 1.51. The van der Waals surface area contributed by atoms with Gasteiger partial charge in [0.2, 0.25) is 0 Å². The van der Waals surface area contributed by atoms with Crippen molar-refractivity contribution in [1.82, 2.24) is 10.2 Å². The number of carboxylic acid groups (broad SMARTS) is 1. The molecule has 0 bridgehead atoms. The van der Waals surface area contributed by atoms with Crippen LogP contribution in [0.15, 0.2) is 18.2 Å². The minimum atomic E-state index is -0.855. The molecule has 0 amide bonds. The summed E-state index contributed by atoms with van der Waals surface area (Å²) in [6.45, 7) is 7.84.